The van der Waals surface area contributed by atoms with Crippen molar-refractivity contribution in [1.29, 1.82) is 0 Å². The summed E-state index contributed by atoms with van der Waals surface area (Å²) < 4.78 is 26.0. The summed E-state index contributed by atoms with van der Waals surface area (Å²) in [4.78, 5) is 23.1. The Balaban J connectivity index is 2.44. The van der Waals surface area contributed by atoms with Gasteiger partial charge in [0.2, 0.25) is 5.91 Å². The van der Waals surface area contributed by atoms with Crippen molar-refractivity contribution in [2.24, 2.45) is 5.92 Å². The first-order valence-electron chi connectivity index (χ1n) is 6.49. The van der Waals surface area contributed by atoms with Crippen LogP contribution in [0.4, 0.5) is 8.78 Å². The predicted octanol–water partition coefficient (Wildman–Crippen LogP) is 0.828. The molecule has 0 heterocycles. The molecular formula is C14H18F2N2O3. The summed E-state index contributed by atoms with van der Waals surface area (Å²) in [6.45, 7) is 3.31. The monoisotopic (exact) mass is 300 g/mol. The molecule has 116 valence electrons. The minimum atomic E-state index is -0.997. The smallest absolute Gasteiger partial charge is 0.254 e. The Bertz CT molecular complexity index is 521. The summed E-state index contributed by atoms with van der Waals surface area (Å²) in [6, 6.07) is 2.55. The number of benzene rings is 1. The molecule has 1 atom stereocenters. The van der Waals surface area contributed by atoms with Crippen LogP contribution in [-0.2, 0) is 4.79 Å². The number of hydrogen-bond acceptors (Lipinski definition) is 3. The van der Waals surface area contributed by atoms with E-state index >= 15 is 0 Å². The second-order valence-corrected chi connectivity index (χ2v) is 4.92. The van der Waals surface area contributed by atoms with E-state index in [2.05, 4.69) is 10.6 Å². The van der Waals surface area contributed by atoms with Crippen molar-refractivity contribution in [2.45, 2.75) is 20.0 Å². The van der Waals surface area contributed by atoms with Crippen LogP contribution in [0.5, 0.6) is 0 Å². The summed E-state index contributed by atoms with van der Waals surface area (Å²) in [7, 11) is 0. The number of amides is 2. The maximum atomic E-state index is 13.3. The fourth-order valence-electron chi connectivity index (χ4n) is 1.45. The highest BCUT2D eigenvalue weighted by molar-refractivity contribution is 5.96. The summed E-state index contributed by atoms with van der Waals surface area (Å²) in [5, 5.41) is 14.2. The lowest BCUT2D eigenvalue weighted by Gasteiger charge is -2.15. The second-order valence-electron chi connectivity index (χ2n) is 4.92. The van der Waals surface area contributed by atoms with E-state index in [0.29, 0.717) is 6.07 Å². The van der Waals surface area contributed by atoms with Crippen molar-refractivity contribution >= 4 is 11.8 Å². The first-order chi connectivity index (χ1) is 9.81. The van der Waals surface area contributed by atoms with Crippen molar-refractivity contribution in [3.05, 3.63) is 35.4 Å². The van der Waals surface area contributed by atoms with Gasteiger partial charge in [0.05, 0.1) is 18.2 Å². The predicted molar refractivity (Wildman–Crippen MR) is 72.5 cm³/mol. The molecule has 5 nitrogen and oxygen atoms in total. The van der Waals surface area contributed by atoms with Gasteiger partial charge in [-0.1, -0.05) is 13.8 Å². The zero-order chi connectivity index (χ0) is 16.0. The first kappa shape index (κ1) is 17.0. The van der Waals surface area contributed by atoms with Crippen LogP contribution in [0.3, 0.4) is 0 Å². The Morgan fingerprint density at radius 3 is 2.48 bits per heavy atom. The van der Waals surface area contributed by atoms with Crippen molar-refractivity contribution < 1.29 is 23.5 Å². The number of rotatable bonds is 6. The minimum Gasteiger partial charge on any atom is -0.391 e. The van der Waals surface area contributed by atoms with Gasteiger partial charge in [-0.25, -0.2) is 8.78 Å². The molecule has 1 aromatic carbocycles. The Morgan fingerprint density at radius 2 is 1.90 bits per heavy atom. The molecule has 2 amide bonds. The minimum absolute atomic E-state index is 0.00629. The summed E-state index contributed by atoms with van der Waals surface area (Å²) in [6.07, 6.45) is -0.681. The molecule has 21 heavy (non-hydrogen) atoms. The van der Waals surface area contributed by atoms with Crippen LogP contribution in [0.1, 0.15) is 24.2 Å². The molecule has 0 aliphatic rings. The lowest BCUT2D eigenvalue weighted by Crippen LogP contribution is -2.41. The Hall–Kier alpha value is -2.02. The largest absolute Gasteiger partial charge is 0.391 e. The molecular weight excluding hydrogens is 282 g/mol. The van der Waals surface area contributed by atoms with Crippen molar-refractivity contribution in [3.63, 3.8) is 0 Å². The number of aliphatic hydroxyl groups is 1. The molecule has 3 N–H and O–H groups in total. The molecule has 0 aliphatic heterocycles. The lowest BCUT2D eigenvalue weighted by atomic mass is 10.1. The summed E-state index contributed by atoms with van der Waals surface area (Å²) >= 11 is 0. The molecule has 0 bridgehead atoms. The van der Waals surface area contributed by atoms with Crippen LogP contribution in [0, 0.1) is 17.6 Å². The molecule has 0 saturated heterocycles. The maximum Gasteiger partial charge on any atom is 0.254 e. The summed E-state index contributed by atoms with van der Waals surface area (Å²) in [5.41, 5.74) is -0.341. The highest BCUT2D eigenvalue weighted by Crippen LogP contribution is 2.09. The highest BCUT2D eigenvalue weighted by Gasteiger charge is 2.14. The van der Waals surface area contributed by atoms with E-state index in [4.69, 9.17) is 0 Å². The Morgan fingerprint density at radius 1 is 1.24 bits per heavy atom. The lowest BCUT2D eigenvalue weighted by molar-refractivity contribution is -0.120. The van der Waals surface area contributed by atoms with Crippen LogP contribution in [0.15, 0.2) is 18.2 Å². The summed E-state index contributed by atoms with van der Waals surface area (Å²) in [5.74, 6) is -3.11. The van der Waals surface area contributed by atoms with Gasteiger partial charge < -0.3 is 15.7 Å². The van der Waals surface area contributed by atoms with E-state index in [0.717, 1.165) is 12.1 Å². The fourth-order valence-corrected chi connectivity index (χ4v) is 1.45. The van der Waals surface area contributed by atoms with E-state index in [1.165, 1.54) is 0 Å². The normalized spacial score (nSPS) is 12.1. The molecule has 0 spiro atoms. The van der Waals surface area contributed by atoms with Crippen molar-refractivity contribution in [1.82, 2.24) is 10.6 Å². The topological polar surface area (TPSA) is 78.4 Å². The van der Waals surface area contributed by atoms with Gasteiger partial charge in [0, 0.05) is 12.6 Å². The van der Waals surface area contributed by atoms with Gasteiger partial charge in [-0.15, -0.1) is 0 Å². The van der Waals surface area contributed by atoms with E-state index in [9.17, 15) is 23.5 Å². The third-order valence-corrected chi connectivity index (χ3v) is 2.86. The number of nitrogens with one attached hydrogen (secondary N) is 2. The average molecular weight is 300 g/mol. The molecule has 0 fully saturated rings. The van der Waals surface area contributed by atoms with Gasteiger partial charge in [0.25, 0.3) is 5.91 Å². The van der Waals surface area contributed by atoms with Crippen LogP contribution < -0.4 is 10.6 Å². The standard InChI is InChI=1S/C14H18F2N2O3/c1-8(2)12(19)6-17-13(20)7-18-14(21)10-4-3-9(15)5-11(10)16/h3-5,8,12,19H,6-7H2,1-2H3,(H,17,20)(H,18,21). The molecule has 7 heteroatoms. The van der Waals surface area contributed by atoms with Gasteiger partial charge in [-0.2, -0.15) is 0 Å². The fraction of sp³-hybridized carbons (Fsp3) is 0.429. The Kier molecular flexibility index (Phi) is 6.23. The van der Waals surface area contributed by atoms with E-state index in [-0.39, 0.29) is 24.6 Å². The Labute approximate surface area is 121 Å². The zero-order valence-corrected chi connectivity index (χ0v) is 11.8. The molecule has 0 radical (unpaired) electrons. The van der Waals surface area contributed by atoms with E-state index < -0.39 is 29.6 Å². The van der Waals surface area contributed by atoms with Gasteiger partial charge in [-0.3, -0.25) is 9.59 Å². The second kappa shape index (κ2) is 7.68. The molecule has 0 saturated carbocycles. The van der Waals surface area contributed by atoms with E-state index in [1.54, 1.807) is 13.8 Å². The number of aliphatic hydroxyl groups excluding tert-OH is 1. The zero-order valence-electron chi connectivity index (χ0n) is 11.8. The average Bonchev–Trinajstić information content (AvgIpc) is 2.41. The number of halogens is 2. The molecule has 1 aromatic rings. The van der Waals surface area contributed by atoms with Crippen LogP contribution in [0.2, 0.25) is 0 Å². The third kappa shape index (κ3) is 5.47. The van der Waals surface area contributed by atoms with Crippen LogP contribution >= 0.6 is 0 Å². The number of carbonyl (C=O) groups is 2. The molecule has 0 aromatic heterocycles. The molecule has 1 rings (SSSR count). The van der Waals surface area contributed by atoms with Crippen molar-refractivity contribution in [3.8, 4) is 0 Å². The third-order valence-electron chi connectivity index (χ3n) is 2.86. The maximum absolute atomic E-state index is 13.3. The van der Waals surface area contributed by atoms with Gasteiger partial charge in [0.1, 0.15) is 11.6 Å². The van der Waals surface area contributed by atoms with E-state index in [1.807, 2.05) is 0 Å². The number of hydrogen-bond donors (Lipinski definition) is 3. The quantitative estimate of drug-likeness (QED) is 0.728. The number of carbonyl (C=O) groups excluding carboxylic acids is 2. The van der Waals surface area contributed by atoms with Gasteiger partial charge in [0.15, 0.2) is 0 Å². The first-order valence-corrected chi connectivity index (χ1v) is 6.49. The molecule has 0 aliphatic carbocycles. The van der Waals surface area contributed by atoms with Crippen LogP contribution in [0.25, 0.3) is 0 Å². The van der Waals surface area contributed by atoms with Gasteiger partial charge in [-0.05, 0) is 18.1 Å². The van der Waals surface area contributed by atoms with Crippen molar-refractivity contribution in [2.75, 3.05) is 13.1 Å². The SMILES string of the molecule is CC(C)C(O)CNC(=O)CNC(=O)c1ccc(F)cc1F. The van der Waals surface area contributed by atoms with Crippen LogP contribution in [-0.4, -0.2) is 36.1 Å². The van der Waals surface area contributed by atoms with Gasteiger partial charge >= 0.3 is 0 Å². The molecule has 1 unspecified atom stereocenters. The highest BCUT2D eigenvalue weighted by atomic mass is 19.1.